The van der Waals surface area contributed by atoms with E-state index in [2.05, 4.69) is 20.7 Å². The number of aryl methyl sites for hydroxylation is 1. The molecular formula is C13H21N5O3. The van der Waals surface area contributed by atoms with Gasteiger partial charge in [-0.25, -0.2) is 9.78 Å². The van der Waals surface area contributed by atoms with Crippen molar-refractivity contribution in [1.82, 2.24) is 25.4 Å². The van der Waals surface area contributed by atoms with E-state index >= 15 is 0 Å². The zero-order valence-electron chi connectivity index (χ0n) is 12.1. The first-order valence-corrected chi connectivity index (χ1v) is 7.13. The van der Waals surface area contributed by atoms with Crippen LogP contribution >= 0.6 is 0 Å². The first-order chi connectivity index (χ1) is 10.0. The van der Waals surface area contributed by atoms with E-state index in [4.69, 9.17) is 5.11 Å². The van der Waals surface area contributed by atoms with E-state index in [0.29, 0.717) is 37.7 Å². The molecule has 21 heavy (non-hydrogen) atoms. The Morgan fingerprint density at radius 1 is 1.33 bits per heavy atom. The summed E-state index contributed by atoms with van der Waals surface area (Å²) in [6, 6.07) is -0.247. The van der Waals surface area contributed by atoms with Crippen LogP contribution in [0.5, 0.6) is 0 Å². The molecule has 0 aromatic carbocycles. The molecule has 8 nitrogen and oxygen atoms in total. The van der Waals surface area contributed by atoms with Crippen LogP contribution in [0.1, 0.15) is 31.5 Å². The molecule has 1 aliphatic carbocycles. The van der Waals surface area contributed by atoms with Gasteiger partial charge in [0.05, 0.1) is 12.5 Å². The highest BCUT2D eigenvalue weighted by Gasteiger charge is 2.25. The summed E-state index contributed by atoms with van der Waals surface area (Å²) < 4.78 is 1.58. The van der Waals surface area contributed by atoms with E-state index in [1.807, 2.05) is 0 Å². The number of carboxylic acid groups (broad SMARTS) is 1. The molecule has 0 aliphatic heterocycles. The molecule has 0 saturated heterocycles. The van der Waals surface area contributed by atoms with Crippen LogP contribution in [0.2, 0.25) is 0 Å². The summed E-state index contributed by atoms with van der Waals surface area (Å²) in [5, 5.41) is 18.5. The van der Waals surface area contributed by atoms with Gasteiger partial charge in [0.25, 0.3) is 0 Å². The summed E-state index contributed by atoms with van der Waals surface area (Å²) in [6.07, 6.45) is 4.66. The molecule has 1 aromatic heterocycles. The van der Waals surface area contributed by atoms with Crippen LogP contribution in [0.4, 0.5) is 4.79 Å². The Labute approximate surface area is 122 Å². The molecule has 1 fully saturated rings. The number of rotatable bonds is 5. The molecule has 1 saturated carbocycles. The van der Waals surface area contributed by atoms with E-state index in [1.165, 1.54) is 0 Å². The van der Waals surface area contributed by atoms with Gasteiger partial charge in [-0.2, -0.15) is 5.10 Å². The summed E-state index contributed by atoms with van der Waals surface area (Å²) >= 11 is 0. The highest BCUT2D eigenvalue weighted by molar-refractivity contribution is 5.73. The summed E-state index contributed by atoms with van der Waals surface area (Å²) in [4.78, 5) is 26.5. The van der Waals surface area contributed by atoms with Crippen molar-refractivity contribution in [3.63, 3.8) is 0 Å². The fraction of sp³-hybridized carbons (Fsp3) is 0.692. The van der Waals surface area contributed by atoms with Crippen molar-refractivity contribution in [2.75, 3.05) is 6.54 Å². The summed E-state index contributed by atoms with van der Waals surface area (Å²) in [5.41, 5.74) is 0. The number of nitrogens with zero attached hydrogens (tertiary/aromatic N) is 3. The molecule has 1 heterocycles. The van der Waals surface area contributed by atoms with Crippen molar-refractivity contribution in [2.24, 2.45) is 18.9 Å². The maximum atomic E-state index is 11.7. The number of carbonyl (C=O) groups is 2. The van der Waals surface area contributed by atoms with E-state index in [-0.39, 0.29) is 11.9 Å². The van der Waals surface area contributed by atoms with Gasteiger partial charge in [-0.05, 0) is 31.6 Å². The molecule has 0 spiro atoms. The van der Waals surface area contributed by atoms with Crippen LogP contribution < -0.4 is 10.6 Å². The predicted octanol–water partition coefficient (Wildman–Crippen LogP) is 0.505. The number of urea groups is 1. The van der Waals surface area contributed by atoms with Gasteiger partial charge >= 0.3 is 12.0 Å². The van der Waals surface area contributed by atoms with Crippen molar-refractivity contribution in [3.8, 4) is 0 Å². The number of hydrogen-bond donors (Lipinski definition) is 3. The first kappa shape index (κ1) is 15.3. The van der Waals surface area contributed by atoms with Gasteiger partial charge in [-0.1, -0.05) is 0 Å². The molecule has 0 radical (unpaired) electrons. The van der Waals surface area contributed by atoms with Crippen molar-refractivity contribution in [1.29, 1.82) is 0 Å². The number of hydrogen-bond acceptors (Lipinski definition) is 4. The smallest absolute Gasteiger partial charge is 0.315 e. The molecule has 0 atom stereocenters. The summed E-state index contributed by atoms with van der Waals surface area (Å²) in [6.45, 7) is 0.867. The largest absolute Gasteiger partial charge is 0.481 e. The third-order valence-corrected chi connectivity index (χ3v) is 3.80. The molecule has 2 amide bonds. The fourth-order valence-corrected chi connectivity index (χ4v) is 2.54. The Hall–Kier alpha value is -2.12. The maximum Gasteiger partial charge on any atom is 0.315 e. The highest BCUT2D eigenvalue weighted by Crippen LogP contribution is 2.28. The number of aromatic nitrogens is 3. The van der Waals surface area contributed by atoms with Gasteiger partial charge in [0.15, 0.2) is 5.82 Å². The summed E-state index contributed by atoms with van der Waals surface area (Å²) in [7, 11) is 1.77. The lowest BCUT2D eigenvalue weighted by atomic mass is 9.82. The average Bonchev–Trinajstić information content (AvgIpc) is 2.89. The zero-order valence-corrected chi connectivity index (χ0v) is 12.1. The number of aliphatic carboxylic acids is 1. The SMILES string of the molecule is Cn1cnc(CNC(=O)NCC2CCC(C(=O)O)CC2)n1. The van der Waals surface area contributed by atoms with Gasteiger partial charge in [-0.3, -0.25) is 9.48 Å². The number of carbonyl (C=O) groups excluding carboxylic acids is 1. The second-order valence-electron chi connectivity index (χ2n) is 5.45. The maximum absolute atomic E-state index is 11.7. The van der Waals surface area contributed by atoms with Gasteiger partial charge in [0.2, 0.25) is 0 Å². The molecule has 0 bridgehead atoms. The van der Waals surface area contributed by atoms with Crippen LogP contribution in [0.25, 0.3) is 0 Å². The minimum absolute atomic E-state index is 0.217. The highest BCUT2D eigenvalue weighted by atomic mass is 16.4. The molecule has 1 aromatic rings. The zero-order chi connectivity index (χ0) is 15.2. The minimum atomic E-state index is -0.706. The molecular weight excluding hydrogens is 274 g/mol. The fourth-order valence-electron chi connectivity index (χ4n) is 2.54. The lowest BCUT2D eigenvalue weighted by Gasteiger charge is -2.26. The second kappa shape index (κ2) is 7.05. The van der Waals surface area contributed by atoms with Crippen molar-refractivity contribution >= 4 is 12.0 Å². The predicted molar refractivity (Wildman–Crippen MR) is 74.3 cm³/mol. The lowest BCUT2D eigenvalue weighted by Crippen LogP contribution is -2.39. The van der Waals surface area contributed by atoms with Crippen molar-refractivity contribution in [2.45, 2.75) is 32.2 Å². The van der Waals surface area contributed by atoms with E-state index < -0.39 is 5.97 Å². The monoisotopic (exact) mass is 295 g/mol. The van der Waals surface area contributed by atoms with Crippen LogP contribution in [0.15, 0.2) is 6.33 Å². The van der Waals surface area contributed by atoms with Crippen molar-refractivity contribution < 1.29 is 14.7 Å². The first-order valence-electron chi connectivity index (χ1n) is 7.13. The Morgan fingerprint density at radius 2 is 2.05 bits per heavy atom. The Bertz CT molecular complexity index is 494. The second-order valence-corrected chi connectivity index (χ2v) is 5.45. The van der Waals surface area contributed by atoms with E-state index in [0.717, 1.165) is 12.8 Å². The standard InChI is InChI=1S/C13H21N5O3/c1-18-8-16-11(17-18)7-15-13(21)14-6-9-2-4-10(5-3-9)12(19)20/h8-10H,2-7H2,1H3,(H,19,20)(H2,14,15,21). The van der Waals surface area contributed by atoms with Gasteiger partial charge in [0.1, 0.15) is 6.33 Å². The Kier molecular flexibility index (Phi) is 5.13. The van der Waals surface area contributed by atoms with Gasteiger partial charge in [0, 0.05) is 13.6 Å². The molecule has 2 rings (SSSR count). The third kappa shape index (κ3) is 4.73. The molecule has 1 aliphatic rings. The van der Waals surface area contributed by atoms with Crippen molar-refractivity contribution in [3.05, 3.63) is 12.2 Å². The summed E-state index contributed by atoms with van der Waals surface area (Å²) in [5.74, 6) is 0.00117. The topological polar surface area (TPSA) is 109 Å². The minimum Gasteiger partial charge on any atom is -0.481 e. The number of nitrogens with one attached hydrogen (secondary N) is 2. The van der Waals surface area contributed by atoms with E-state index in [9.17, 15) is 9.59 Å². The molecule has 0 unspecified atom stereocenters. The van der Waals surface area contributed by atoms with Gasteiger partial charge < -0.3 is 15.7 Å². The average molecular weight is 295 g/mol. The van der Waals surface area contributed by atoms with Crippen LogP contribution in [0, 0.1) is 11.8 Å². The number of carboxylic acids is 1. The van der Waals surface area contributed by atoms with Crippen LogP contribution in [0.3, 0.4) is 0 Å². The third-order valence-electron chi connectivity index (χ3n) is 3.80. The Balaban J connectivity index is 1.62. The quantitative estimate of drug-likeness (QED) is 0.733. The molecule has 3 N–H and O–H groups in total. The van der Waals surface area contributed by atoms with Crippen LogP contribution in [-0.2, 0) is 18.4 Å². The number of amides is 2. The van der Waals surface area contributed by atoms with Gasteiger partial charge in [-0.15, -0.1) is 0 Å². The van der Waals surface area contributed by atoms with Crippen LogP contribution in [-0.4, -0.2) is 38.4 Å². The molecule has 116 valence electrons. The molecule has 8 heteroatoms. The Morgan fingerprint density at radius 3 is 2.62 bits per heavy atom. The van der Waals surface area contributed by atoms with E-state index in [1.54, 1.807) is 18.1 Å². The normalized spacial score (nSPS) is 21.8. The lowest BCUT2D eigenvalue weighted by molar-refractivity contribution is -0.143.